The Bertz CT molecular complexity index is 725. The van der Waals surface area contributed by atoms with Crippen molar-refractivity contribution in [2.75, 3.05) is 19.0 Å². The van der Waals surface area contributed by atoms with Crippen LogP contribution < -0.4 is 10.2 Å². The molecule has 0 bridgehead atoms. The van der Waals surface area contributed by atoms with Gasteiger partial charge in [0, 0.05) is 7.05 Å². The molecule has 25 heavy (non-hydrogen) atoms. The molecule has 3 amide bonds. The number of urea groups is 1. The van der Waals surface area contributed by atoms with Crippen LogP contribution in [0.4, 0.5) is 14.9 Å². The smallest absolute Gasteiger partial charge is 0.297 e. The molecule has 1 aromatic rings. The molecule has 1 aliphatic rings. The fourth-order valence-corrected chi connectivity index (χ4v) is 2.66. The predicted molar refractivity (Wildman–Crippen MR) is 97.3 cm³/mol. The highest BCUT2D eigenvalue weighted by atomic mass is 35.6. The Hall–Kier alpha value is -1.12. The average Bonchev–Trinajstić information content (AvgIpc) is 2.76. The summed E-state index contributed by atoms with van der Waals surface area (Å²) in [6.45, 7) is 0. The van der Waals surface area contributed by atoms with Crippen molar-refractivity contribution in [3.63, 3.8) is 0 Å². The second kappa shape index (κ2) is 7.63. The normalized spacial score (nSPS) is 19.7. The minimum Gasteiger partial charge on any atom is -0.297 e. The Morgan fingerprint density at radius 2 is 1.84 bits per heavy atom. The Morgan fingerprint density at radius 1 is 1.24 bits per heavy atom. The van der Waals surface area contributed by atoms with Crippen molar-refractivity contribution in [2.45, 2.75) is 15.3 Å². The number of hydrogen-bond acceptors (Lipinski definition) is 4. The second-order valence-corrected chi connectivity index (χ2v) is 7.90. The molecule has 0 radical (unpaired) electrons. The molecule has 2 rings (SSSR count). The first kappa shape index (κ1) is 20.2. The summed E-state index contributed by atoms with van der Waals surface area (Å²) in [6, 6.07) is 4.72. The number of anilines is 1. The fraction of sp³-hybridized carbons (Fsp3) is 0.357. The average molecular weight is 430 g/mol. The molecule has 136 valence electrons. The minimum atomic E-state index is -1.89. The van der Waals surface area contributed by atoms with Gasteiger partial charge in [0.2, 0.25) is 9.63 Å². The molecule has 1 aliphatic heterocycles. The van der Waals surface area contributed by atoms with Crippen LogP contribution >= 0.6 is 46.4 Å². The molecular weight excluding hydrogens is 417 g/mol. The molecule has 6 nitrogen and oxygen atoms in total. The van der Waals surface area contributed by atoms with Gasteiger partial charge in [0.15, 0.2) is 0 Å². The van der Waals surface area contributed by atoms with E-state index in [2.05, 4.69) is 10.3 Å². The predicted octanol–water partition coefficient (Wildman–Crippen LogP) is 3.15. The number of halogens is 5. The zero-order valence-electron chi connectivity index (χ0n) is 13.0. The maximum Gasteiger partial charge on any atom is 0.337 e. The maximum atomic E-state index is 14.1. The van der Waals surface area contributed by atoms with Crippen molar-refractivity contribution < 1.29 is 14.0 Å². The van der Waals surface area contributed by atoms with Gasteiger partial charge in [0.25, 0.3) is 5.91 Å². The number of rotatable bonds is 4. The lowest BCUT2D eigenvalue weighted by molar-refractivity contribution is -0.119. The third kappa shape index (κ3) is 4.01. The Balaban J connectivity index is 2.53. The topological polar surface area (TPSA) is 65.0 Å². The number of para-hydroxylation sites is 1. The molecule has 0 spiro atoms. The largest absolute Gasteiger partial charge is 0.337 e. The van der Waals surface area contributed by atoms with Crippen LogP contribution in [0.2, 0.25) is 0 Å². The summed E-state index contributed by atoms with van der Waals surface area (Å²) in [7, 11) is 2.74. The molecular formula is C14H13Cl4FN4O2. The zero-order chi connectivity index (χ0) is 18.9. The van der Waals surface area contributed by atoms with Crippen molar-refractivity contribution in [2.24, 2.45) is 4.99 Å². The summed E-state index contributed by atoms with van der Waals surface area (Å²) < 4.78 is 12.2. The van der Waals surface area contributed by atoms with Gasteiger partial charge < -0.3 is 0 Å². The van der Waals surface area contributed by atoms with Crippen molar-refractivity contribution in [3.05, 3.63) is 30.1 Å². The van der Waals surface area contributed by atoms with E-state index in [0.29, 0.717) is 0 Å². The number of nitrogens with zero attached hydrogens (tertiary/aromatic N) is 3. The number of alkyl halides is 4. The Kier molecular flexibility index (Phi) is 6.17. The van der Waals surface area contributed by atoms with E-state index in [4.69, 9.17) is 46.4 Å². The van der Waals surface area contributed by atoms with E-state index in [1.165, 1.54) is 32.3 Å². The van der Waals surface area contributed by atoms with Crippen LogP contribution in [0, 0.1) is 5.82 Å². The second-order valence-electron chi connectivity index (χ2n) is 5.06. The van der Waals surface area contributed by atoms with Crippen LogP contribution in [0.15, 0.2) is 29.3 Å². The van der Waals surface area contributed by atoms with Gasteiger partial charge in [-0.2, -0.15) is 0 Å². The summed E-state index contributed by atoms with van der Waals surface area (Å²) >= 11 is 23.4. The number of amidine groups is 1. The first-order valence-corrected chi connectivity index (χ1v) is 8.49. The monoisotopic (exact) mass is 428 g/mol. The van der Waals surface area contributed by atoms with Crippen LogP contribution in [0.25, 0.3) is 0 Å². The molecule has 0 aliphatic carbocycles. The SMILES string of the molecule is CNC(/N=C1/C(=O)N(C)C(=O)N1c1ccccc1F)C(Cl)C(Cl)(Cl)Cl. The summed E-state index contributed by atoms with van der Waals surface area (Å²) in [6.07, 6.45) is -1.03. The van der Waals surface area contributed by atoms with Gasteiger partial charge >= 0.3 is 6.03 Å². The molecule has 11 heteroatoms. The molecule has 1 N–H and O–H groups in total. The summed E-state index contributed by atoms with van der Waals surface area (Å²) in [5.74, 6) is -1.77. The fourth-order valence-electron chi connectivity index (χ4n) is 2.12. The lowest BCUT2D eigenvalue weighted by Gasteiger charge is -2.25. The third-order valence-corrected chi connectivity index (χ3v) is 5.03. The van der Waals surface area contributed by atoms with Gasteiger partial charge in [-0.15, -0.1) is 11.6 Å². The quantitative estimate of drug-likeness (QED) is 0.590. The van der Waals surface area contributed by atoms with E-state index in [1.54, 1.807) is 0 Å². The number of amides is 3. The van der Waals surface area contributed by atoms with Crippen LogP contribution in [0.5, 0.6) is 0 Å². The summed E-state index contributed by atoms with van der Waals surface area (Å²) in [5, 5.41) is 1.54. The standard InChI is InChI=1S/C14H13Cl4FN4O2/c1-20-10(9(15)14(16,17)18)21-11-12(24)22(2)13(25)23(11)8-6-4-3-5-7(8)19/h3-6,9-10,20H,1-2H3/b21-11-. The van der Waals surface area contributed by atoms with Gasteiger partial charge in [-0.3, -0.25) is 15.0 Å². The van der Waals surface area contributed by atoms with E-state index in [1.807, 2.05) is 0 Å². The number of benzene rings is 1. The molecule has 1 saturated heterocycles. The lowest BCUT2D eigenvalue weighted by Crippen LogP contribution is -2.43. The molecule has 1 fully saturated rings. The van der Waals surface area contributed by atoms with Gasteiger partial charge in [-0.05, 0) is 19.2 Å². The van der Waals surface area contributed by atoms with E-state index in [9.17, 15) is 14.0 Å². The Morgan fingerprint density at radius 3 is 2.36 bits per heavy atom. The first-order chi connectivity index (χ1) is 11.6. The molecule has 1 heterocycles. The minimum absolute atomic E-state index is 0.126. The maximum absolute atomic E-state index is 14.1. The van der Waals surface area contributed by atoms with E-state index in [0.717, 1.165) is 15.9 Å². The number of imide groups is 1. The Labute approximate surface area is 163 Å². The van der Waals surface area contributed by atoms with Crippen LogP contribution in [0.3, 0.4) is 0 Å². The van der Waals surface area contributed by atoms with Crippen LogP contribution in [-0.2, 0) is 4.79 Å². The number of hydrogen-bond donors (Lipinski definition) is 1. The van der Waals surface area contributed by atoms with Crippen molar-refractivity contribution >= 4 is 69.9 Å². The van der Waals surface area contributed by atoms with Gasteiger partial charge in [0.1, 0.15) is 17.4 Å². The number of carbonyl (C=O) groups is 2. The van der Waals surface area contributed by atoms with Crippen molar-refractivity contribution in [1.82, 2.24) is 10.2 Å². The lowest BCUT2D eigenvalue weighted by atomic mass is 10.2. The van der Waals surface area contributed by atoms with E-state index >= 15 is 0 Å². The van der Waals surface area contributed by atoms with Gasteiger partial charge in [-0.1, -0.05) is 46.9 Å². The van der Waals surface area contributed by atoms with Gasteiger partial charge in [-0.25, -0.2) is 19.1 Å². The summed E-state index contributed by atoms with van der Waals surface area (Å²) in [5.41, 5.74) is -0.126. The van der Waals surface area contributed by atoms with Crippen LogP contribution in [-0.4, -0.2) is 52.1 Å². The van der Waals surface area contributed by atoms with Crippen LogP contribution in [0.1, 0.15) is 0 Å². The van der Waals surface area contributed by atoms with E-state index < -0.39 is 33.1 Å². The molecule has 1 aromatic carbocycles. The number of aliphatic imine (C=N–C) groups is 1. The molecule has 2 unspecified atom stereocenters. The van der Waals surface area contributed by atoms with Crippen molar-refractivity contribution in [1.29, 1.82) is 0 Å². The van der Waals surface area contributed by atoms with E-state index in [-0.39, 0.29) is 11.5 Å². The zero-order valence-corrected chi connectivity index (χ0v) is 16.0. The van der Waals surface area contributed by atoms with Gasteiger partial charge in [0.05, 0.1) is 5.69 Å². The molecule has 0 saturated carbocycles. The summed E-state index contributed by atoms with van der Waals surface area (Å²) in [4.78, 5) is 30.5. The first-order valence-electron chi connectivity index (χ1n) is 6.92. The highest BCUT2D eigenvalue weighted by molar-refractivity contribution is 6.70. The third-order valence-electron chi connectivity index (χ3n) is 3.43. The number of carbonyl (C=O) groups excluding carboxylic acids is 2. The molecule has 2 atom stereocenters. The molecule has 0 aromatic heterocycles. The number of likely N-dealkylation sites (N-methyl/N-ethyl adjacent to an activating group) is 1. The highest BCUT2D eigenvalue weighted by Gasteiger charge is 2.44. The number of nitrogens with one attached hydrogen (secondary N) is 1. The highest BCUT2D eigenvalue weighted by Crippen LogP contribution is 2.36. The van der Waals surface area contributed by atoms with Crippen molar-refractivity contribution in [3.8, 4) is 0 Å².